The molecule has 9 heteroatoms. The molecule has 6 rings (SSSR count). The molecule has 0 amide bonds. The number of aromatic carboxylic acids is 2. The van der Waals surface area contributed by atoms with Crippen molar-refractivity contribution < 1.29 is 24.6 Å². The number of nitrogens with zero attached hydrogens (tertiary/aromatic N) is 2. The third-order valence-corrected chi connectivity index (χ3v) is 8.30. The van der Waals surface area contributed by atoms with Gasteiger partial charge in [0.2, 0.25) is 0 Å². The van der Waals surface area contributed by atoms with E-state index in [1.807, 2.05) is 24.4 Å². The van der Waals surface area contributed by atoms with Crippen molar-refractivity contribution in [1.29, 1.82) is 0 Å². The number of para-hydroxylation sites is 1. The number of Topliss-reactive ketones (excluding diaryl/α,β-unsaturated/α-hetero) is 1. The van der Waals surface area contributed by atoms with Gasteiger partial charge in [0.25, 0.3) is 0 Å². The first-order chi connectivity index (χ1) is 18.3. The number of allylic oxidation sites excluding steroid dienone is 2. The van der Waals surface area contributed by atoms with E-state index in [2.05, 4.69) is 5.32 Å². The van der Waals surface area contributed by atoms with E-state index in [0.717, 1.165) is 21.7 Å². The highest BCUT2D eigenvalue weighted by molar-refractivity contribution is 7.10. The van der Waals surface area contributed by atoms with Gasteiger partial charge in [0, 0.05) is 40.0 Å². The molecule has 0 unspecified atom stereocenters. The zero-order valence-corrected chi connectivity index (χ0v) is 21.2. The molecule has 2 aromatic carbocycles. The summed E-state index contributed by atoms with van der Waals surface area (Å²) in [6.45, 7) is 1.84. The lowest BCUT2D eigenvalue weighted by molar-refractivity contribution is -0.116. The average Bonchev–Trinajstić information content (AvgIpc) is 3.56. The van der Waals surface area contributed by atoms with Gasteiger partial charge in [-0.05, 0) is 54.6 Å². The molecular weight excluding hydrogens is 502 g/mol. The van der Waals surface area contributed by atoms with E-state index in [1.165, 1.54) is 6.07 Å². The van der Waals surface area contributed by atoms with Crippen LogP contribution >= 0.6 is 11.3 Å². The van der Waals surface area contributed by atoms with Crippen LogP contribution in [0.25, 0.3) is 5.69 Å². The summed E-state index contributed by atoms with van der Waals surface area (Å²) in [7, 11) is 0. The molecule has 2 atom stereocenters. The molecule has 190 valence electrons. The number of fused-ring (bicyclic) bond motifs is 1. The van der Waals surface area contributed by atoms with Crippen LogP contribution in [0.15, 0.2) is 77.3 Å². The van der Waals surface area contributed by atoms with Gasteiger partial charge in [-0.25, -0.2) is 14.3 Å². The van der Waals surface area contributed by atoms with Crippen LogP contribution in [-0.4, -0.2) is 37.7 Å². The Balaban J connectivity index is 1.56. The Hall–Kier alpha value is -4.50. The second kappa shape index (κ2) is 9.11. The fourth-order valence-corrected chi connectivity index (χ4v) is 6.40. The third kappa shape index (κ3) is 3.83. The maximum Gasteiger partial charge on any atom is 0.337 e. The monoisotopic (exact) mass is 525 g/mol. The Kier molecular flexibility index (Phi) is 5.72. The molecular formula is C29H23N3O5S. The molecule has 2 aromatic heterocycles. The SMILES string of the molecule is Cc1nn(-c2ccccc2C(=O)O)c2c1[C@@H](c1ccc(C(=O)O)cc1)C1=C(C[C@@H](c3cccs3)CC1=O)N2. The van der Waals surface area contributed by atoms with Gasteiger partial charge < -0.3 is 15.5 Å². The number of ketones is 1. The fraction of sp³-hybridized carbons (Fsp3) is 0.172. The molecule has 3 heterocycles. The van der Waals surface area contributed by atoms with Gasteiger partial charge in [-0.1, -0.05) is 30.3 Å². The van der Waals surface area contributed by atoms with Crippen LogP contribution < -0.4 is 5.32 Å². The summed E-state index contributed by atoms with van der Waals surface area (Å²) in [5.74, 6) is -1.87. The number of carbonyl (C=O) groups excluding carboxylic acids is 1. The second-order valence-corrected chi connectivity index (χ2v) is 10.5. The van der Waals surface area contributed by atoms with Gasteiger partial charge in [-0.3, -0.25) is 4.79 Å². The number of benzene rings is 2. The molecule has 8 nitrogen and oxygen atoms in total. The Morgan fingerprint density at radius 3 is 2.45 bits per heavy atom. The summed E-state index contributed by atoms with van der Waals surface area (Å²) in [5, 5.41) is 29.5. The Morgan fingerprint density at radius 1 is 1.00 bits per heavy atom. The molecule has 38 heavy (non-hydrogen) atoms. The first-order valence-corrected chi connectivity index (χ1v) is 13.0. The molecule has 0 fully saturated rings. The first-order valence-electron chi connectivity index (χ1n) is 12.2. The molecule has 4 aromatic rings. The quantitative estimate of drug-likeness (QED) is 0.310. The van der Waals surface area contributed by atoms with E-state index >= 15 is 0 Å². The van der Waals surface area contributed by atoms with Crippen molar-refractivity contribution in [2.45, 2.75) is 31.6 Å². The first kappa shape index (κ1) is 23.9. The average molecular weight is 526 g/mol. The number of aromatic nitrogens is 2. The summed E-state index contributed by atoms with van der Waals surface area (Å²) >= 11 is 1.63. The maximum absolute atomic E-state index is 13.7. The predicted octanol–water partition coefficient (Wildman–Crippen LogP) is 5.60. The number of carbonyl (C=O) groups is 3. The number of hydrogen-bond donors (Lipinski definition) is 3. The summed E-state index contributed by atoms with van der Waals surface area (Å²) in [6, 6.07) is 17.3. The number of thiophene rings is 1. The number of hydrogen-bond acceptors (Lipinski definition) is 6. The van der Waals surface area contributed by atoms with Crippen LogP contribution in [0.1, 0.15) is 67.1 Å². The van der Waals surface area contributed by atoms with E-state index in [9.17, 15) is 24.6 Å². The minimum absolute atomic E-state index is 0.0354. The van der Waals surface area contributed by atoms with Crippen LogP contribution in [0.2, 0.25) is 0 Å². The molecule has 1 aliphatic heterocycles. The maximum atomic E-state index is 13.7. The molecule has 0 spiro atoms. The number of anilines is 1. The van der Waals surface area contributed by atoms with Crippen molar-refractivity contribution in [3.05, 3.63) is 110 Å². The molecule has 2 aliphatic rings. The van der Waals surface area contributed by atoms with Crippen molar-refractivity contribution in [2.75, 3.05) is 5.32 Å². The molecule has 0 saturated carbocycles. The zero-order valence-electron chi connectivity index (χ0n) is 20.3. The van der Waals surface area contributed by atoms with Gasteiger partial charge in [0.15, 0.2) is 5.78 Å². The van der Waals surface area contributed by atoms with Crippen molar-refractivity contribution in [3.8, 4) is 5.69 Å². The number of carboxylic acids is 2. The summed E-state index contributed by atoms with van der Waals surface area (Å²) in [6.07, 6.45) is 1.00. The molecule has 1 aliphatic carbocycles. The van der Waals surface area contributed by atoms with E-state index < -0.39 is 17.9 Å². The summed E-state index contributed by atoms with van der Waals surface area (Å²) < 4.78 is 1.61. The molecule has 0 radical (unpaired) electrons. The minimum Gasteiger partial charge on any atom is -0.478 e. The normalized spacial score (nSPS) is 18.5. The van der Waals surface area contributed by atoms with Crippen LogP contribution in [0.5, 0.6) is 0 Å². The number of rotatable bonds is 5. The predicted molar refractivity (Wildman–Crippen MR) is 142 cm³/mol. The van der Waals surface area contributed by atoms with Crippen molar-refractivity contribution in [3.63, 3.8) is 0 Å². The van der Waals surface area contributed by atoms with Crippen LogP contribution in [0, 0.1) is 6.92 Å². The largest absolute Gasteiger partial charge is 0.478 e. The lowest BCUT2D eigenvalue weighted by atomic mass is 9.73. The minimum atomic E-state index is -1.07. The highest BCUT2D eigenvalue weighted by Crippen LogP contribution is 2.50. The highest BCUT2D eigenvalue weighted by Gasteiger charge is 2.41. The number of carboxylic acid groups (broad SMARTS) is 2. The lowest BCUT2D eigenvalue weighted by Gasteiger charge is -2.35. The summed E-state index contributed by atoms with van der Waals surface area (Å²) in [4.78, 5) is 38.4. The van der Waals surface area contributed by atoms with Crippen LogP contribution in [0.3, 0.4) is 0 Å². The Bertz CT molecular complexity index is 1630. The molecule has 3 N–H and O–H groups in total. The van der Waals surface area contributed by atoms with E-state index in [-0.39, 0.29) is 22.8 Å². The molecule has 0 bridgehead atoms. The fourth-order valence-electron chi connectivity index (χ4n) is 5.57. The zero-order chi connectivity index (χ0) is 26.6. The van der Waals surface area contributed by atoms with Gasteiger partial charge in [-0.15, -0.1) is 11.3 Å². The smallest absolute Gasteiger partial charge is 0.337 e. The van der Waals surface area contributed by atoms with E-state index in [4.69, 9.17) is 5.10 Å². The van der Waals surface area contributed by atoms with Crippen LogP contribution in [-0.2, 0) is 4.79 Å². The van der Waals surface area contributed by atoms with Crippen molar-refractivity contribution >= 4 is 34.9 Å². The molecule has 0 saturated heterocycles. The highest BCUT2D eigenvalue weighted by atomic mass is 32.1. The van der Waals surface area contributed by atoms with E-state index in [0.29, 0.717) is 35.6 Å². The van der Waals surface area contributed by atoms with Gasteiger partial charge >= 0.3 is 11.9 Å². The van der Waals surface area contributed by atoms with Crippen LogP contribution in [0.4, 0.5) is 5.82 Å². The lowest BCUT2D eigenvalue weighted by Crippen LogP contribution is -2.30. The van der Waals surface area contributed by atoms with Crippen molar-refractivity contribution in [1.82, 2.24) is 9.78 Å². The van der Waals surface area contributed by atoms with Crippen molar-refractivity contribution in [2.24, 2.45) is 0 Å². The van der Waals surface area contributed by atoms with Gasteiger partial charge in [0.05, 0.1) is 22.5 Å². The Labute approximate surface area is 221 Å². The van der Waals surface area contributed by atoms with Gasteiger partial charge in [0.1, 0.15) is 5.82 Å². The third-order valence-electron chi connectivity index (χ3n) is 7.26. The number of nitrogens with one attached hydrogen (secondary N) is 1. The van der Waals surface area contributed by atoms with Gasteiger partial charge in [-0.2, -0.15) is 5.10 Å². The standard InChI is InChI=1S/C29H23N3O5S/c1-15-24-25(16-8-10-17(11-9-16)28(34)35)26-20(13-18(14-22(26)33)23-7-4-12-38-23)30-27(24)32(31-15)21-6-3-2-5-19(21)29(36)37/h2-12,18,25,30H,13-14H2,1H3,(H,34,35)(H,36,37)/t18-,25-/m1/s1. The summed E-state index contributed by atoms with van der Waals surface area (Å²) in [5.41, 5.74) is 4.33. The number of aryl methyl sites for hydroxylation is 1. The topological polar surface area (TPSA) is 122 Å². The van der Waals surface area contributed by atoms with E-state index in [1.54, 1.807) is 58.5 Å². The Morgan fingerprint density at radius 2 is 1.76 bits per heavy atom. The second-order valence-electron chi connectivity index (χ2n) is 9.50.